The molecule has 0 bridgehead atoms. The molecule has 1 aliphatic heterocycles. The Labute approximate surface area is 129 Å². The van der Waals surface area contributed by atoms with Crippen molar-refractivity contribution < 1.29 is 4.74 Å². The van der Waals surface area contributed by atoms with Gasteiger partial charge in [0.1, 0.15) is 0 Å². The van der Waals surface area contributed by atoms with Crippen molar-refractivity contribution in [2.45, 2.75) is 38.2 Å². The van der Waals surface area contributed by atoms with E-state index in [0.717, 1.165) is 47.7 Å². The number of aromatic amines is 1. The second-order valence-electron chi connectivity index (χ2n) is 5.50. The molecule has 1 aromatic carbocycles. The number of nitrogens with two attached hydrogens (primary N) is 1. The van der Waals surface area contributed by atoms with Crippen molar-refractivity contribution in [1.29, 1.82) is 0 Å². The van der Waals surface area contributed by atoms with E-state index in [4.69, 9.17) is 22.1 Å². The minimum atomic E-state index is 0.362. The van der Waals surface area contributed by atoms with Crippen molar-refractivity contribution in [2.75, 3.05) is 12.3 Å². The number of halogens is 1. The Hall–Kier alpha value is -1.52. The van der Waals surface area contributed by atoms with Gasteiger partial charge < -0.3 is 10.5 Å². The van der Waals surface area contributed by atoms with Gasteiger partial charge in [0.05, 0.1) is 6.10 Å². The molecule has 0 spiro atoms. The van der Waals surface area contributed by atoms with Gasteiger partial charge in [-0.1, -0.05) is 23.7 Å². The summed E-state index contributed by atoms with van der Waals surface area (Å²) in [7, 11) is 0. The van der Waals surface area contributed by atoms with Crippen LogP contribution in [0, 0.1) is 0 Å². The van der Waals surface area contributed by atoms with Crippen LogP contribution in [0.15, 0.2) is 24.3 Å². The first-order chi connectivity index (χ1) is 10.2. The largest absolute Gasteiger partial charge is 0.382 e. The van der Waals surface area contributed by atoms with Crippen molar-refractivity contribution in [1.82, 2.24) is 10.2 Å². The van der Waals surface area contributed by atoms with Gasteiger partial charge in [0, 0.05) is 22.9 Å². The number of nitrogens with one attached hydrogen (secondary N) is 1. The molecule has 1 aliphatic rings. The van der Waals surface area contributed by atoms with Gasteiger partial charge in [-0.2, -0.15) is 5.10 Å². The van der Waals surface area contributed by atoms with Crippen LogP contribution in [0.2, 0.25) is 5.02 Å². The fourth-order valence-electron chi connectivity index (χ4n) is 2.85. The van der Waals surface area contributed by atoms with Crippen LogP contribution in [-0.4, -0.2) is 22.9 Å². The van der Waals surface area contributed by atoms with Gasteiger partial charge in [0.15, 0.2) is 5.82 Å². The van der Waals surface area contributed by atoms with Crippen LogP contribution in [0.25, 0.3) is 11.1 Å². The Morgan fingerprint density at radius 3 is 2.81 bits per heavy atom. The minimum absolute atomic E-state index is 0.362. The monoisotopic (exact) mass is 305 g/mol. The number of hydrogen-bond acceptors (Lipinski definition) is 3. The van der Waals surface area contributed by atoms with Gasteiger partial charge in [0.2, 0.25) is 0 Å². The molecule has 5 heteroatoms. The van der Waals surface area contributed by atoms with E-state index in [2.05, 4.69) is 10.2 Å². The average Bonchev–Trinajstić information content (AvgIpc) is 2.88. The zero-order chi connectivity index (χ0) is 14.7. The normalized spacial score (nSPS) is 18.8. The van der Waals surface area contributed by atoms with Crippen LogP contribution >= 0.6 is 11.6 Å². The summed E-state index contributed by atoms with van der Waals surface area (Å²) in [6, 6.07) is 7.70. The number of H-pyrrole nitrogens is 1. The predicted octanol–water partition coefficient (Wildman–Crippen LogP) is 3.81. The van der Waals surface area contributed by atoms with E-state index < -0.39 is 0 Å². The number of nitrogen functional groups attached to an aromatic ring is 1. The molecule has 0 saturated carbocycles. The van der Waals surface area contributed by atoms with Crippen molar-refractivity contribution in [3.8, 4) is 11.1 Å². The number of anilines is 1. The summed E-state index contributed by atoms with van der Waals surface area (Å²) < 4.78 is 5.78. The fraction of sp³-hybridized carbons (Fsp3) is 0.438. The SMILES string of the molecule is Nc1n[nH]c(CCC2CCCCO2)c1-c1ccc(Cl)cc1. The summed E-state index contributed by atoms with van der Waals surface area (Å²) in [4.78, 5) is 0. The maximum atomic E-state index is 6.01. The fourth-order valence-corrected chi connectivity index (χ4v) is 2.98. The lowest BCUT2D eigenvalue weighted by molar-refractivity contribution is 0.0114. The van der Waals surface area contributed by atoms with Crippen molar-refractivity contribution >= 4 is 17.4 Å². The molecule has 2 aromatic rings. The van der Waals surface area contributed by atoms with Gasteiger partial charge in [-0.3, -0.25) is 5.10 Å². The third-order valence-electron chi connectivity index (χ3n) is 3.99. The maximum Gasteiger partial charge on any atom is 0.153 e. The van der Waals surface area contributed by atoms with E-state index in [1.54, 1.807) is 0 Å². The molecule has 3 N–H and O–H groups in total. The molecule has 1 saturated heterocycles. The highest BCUT2D eigenvalue weighted by Crippen LogP contribution is 2.30. The van der Waals surface area contributed by atoms with Crippen LogP contribution in [-0.2, 0) is 11.2 Å². The molecule has 1 aromatic heterocycles. The average molecular weight is 306 g/mol. The van der Waals surface area contributed by atoms with Gasteiger partial charge in [-0.15, -0.1) is 0 Å². The molecule has 3 rings (SSSR count). The summed E-state index contributed by atoms with van der Waals surface area (Å²) in [5, 5.41) is 7.94. The van der Waals surface area contributed by atoms with Gasteiger partial charge in [0.25, 0.3) is 0 Å². The lowest BCUT2D eigenvalue weighted by Crippen LogP contribution is -2.19. The summed E-state index contributed by atoms with van der Waals surface area (Å²) >= 11 is 5.94. The molecule has 1 atom stereocenters. The van der Waals surface area contributed by atoms with E-state index in [-0.39, 0.29) is 0 Å². The molecular formula is C16H20ClN3O. The Kier molecular flexibility index (Phi) is 4.46. The number of rotatable bonds is 4. The zero-order valence-electron chi connectivity index (χ0n) is 11.9. The Morgan fingerprint density at radius 2 is 2.10 bits per heavy atom. The first-order valence-electron chi connectivity index (χ1n) is 7.44. The van der Waals surface area contributed by atoms with E-state index in [1.807, 2.05) is 24.3 Å². The van der Waals surface area contributed by atoms with E-state index in [0.29, 0.717) is 11.9 Å². The number of hydrogen-bond donors (Lipinski definition) is 2. The quantitative estimate of drug-likeness (QED) is 0.902. The van der Waals surface area contributed by atoms with Crippen LogP contribution < -0.4 is 5.73 Å². The molecule has 4 nitrogen and oxygen atoms in total. The topological polar surface area (TPSA) is 63.9 Å². The molecule has 1 fully saturated rings. The number of aryl methyl sites for hydroxylation is 1. The van der Waals surface area contributed by atoms with E-state index >= 15 is 0 Å². The highest BCUT2D eigenvalue weighted by atomic mass is 35.5. The third kappa shape index (κ3) is 3.39. The predicted molar refractivity (Wildman–Crippen MR) is 85.4 cm³/mol. The highest BCUT2D eigenvalue weighted by Gasteiger charge is 2.17. The molecule has 2 heterocycles. The zero-order valence-corrected chi connectivity index (χ0v) is 12.7. The smallest absolute Gasteiger partial charge is 0.153 e. The maximum absolute atomic E-state index is 6.01. The Bertz CT molecular complexity index is 588. The van der Waals surface area contributed by atoms with Crippen LogP contribution in [0.4, 0.5) is 5.82 Å². The number of ether oxygens (including phenoxy) is 1. The highest BCUT2D eigenvalue weighted by molar-refractivity contribution is 6.30. The first kappa shape index (κ1) is 14.4. The summed E-state index contributed by atoms with van der Waals surface area (Å²) in [5.74, 6) is 0.539. The first-order valence-corrected chi connectivity index (χ1v) is 7.82. The molecular weight excluding hydrogens is 286 g/mol. The number of aromatic nitrogens is 2. The second kappa shape index (κ2) is 6.50. The lowest BCUT2D eigenvalue weighted by Gasteiger charge is -2.22. The molecule has 0 aliphatic carbocycles. The third-order valence-corrected chi connectivity index (χ3v) is 4.24. The van der Waals surface area contributed by atoms with Gasteiger partial charge >= 0.3 is 0 Å². The van der Waals surface area contributed by atoms with Crippen molar-refractivity contribution in [3.05, 3.63) is 35.0 Å². The molecule has 0 radical (unpaired) electrons. The van der Waals surface area contributed by atoms with Gasteiger partial charge in [-0.25, -0.2) is 0 Å². The lowest BCUT2D eigenvalue weighted by atomic mass is 9.99. The van der Waals surface area contributed by atoms with E-state index in [1.165, 1.54) is 12.8 Å². The minimum Gasteiger partial charge on any atom is -0.382 e. The van der Waals surface area contributed by atoms with Crippen LogP contribution in [0.1, 0.15) is 31.4 Å². The summed E-state index contributed by atoms with van der Waals surface area (Å²) in [6.07, 6.45) is 5.86. The number of nitrogens with zero attached hydrogens (tertiary/aromatic N) is 1. The second-order valence-corrected chi connectivity index (χ2v) is 5.93. The van der Waals surface area contributed by atoms with Crippen LogP contribution in [0.3, 0.4) is 0 Å². The van der Waals surface area contributed by atoms with Crippen LogP contribution in [0.5, 0.6) is 0 Å². The van der Waals surface area contributed by atoms with E-state index in [9.17, 15) is 0 Å². The van der Waals surface area contributed by atoms with Gasteiger partial charge in [-0.05, 0) is 49.8 Å². The number of benzene rings is 1. The Balaban J connectivity index is 1.75. The van der Waals surface area contributed by atoms with Crippen molar-refractivity contribution in [3.63, 3.8) is 0 Å². The molecule has 21 heavy (non-hydrogen) atoms. The molecule has 112 valence electrons. The van der Waals surface area contributed by atoms with Crippen molar-refractivity contribution in [2.24, 2.45) is 0 Å². The standard InChI is InChI=1S/C16H20ClN3O/c17-12-6-4-11(5-7-12)15-14(19-20-16(15)18)9-8-13-3-1-2-10-21-13/h4-7,13H,1-3,8-10H2,(H3,18,19,20). The molecule has 0 amide bonds. The summed E-state index contributed by atoms with van der Waals surface area (Å²) in [6.45, 7) is 0.889. The summed E-state index contributed by atoms with van der Waals surface area (Å²) in [5.41, 5.74) is 9.12. The molecule has 1 unspecified atom stereocenters. The Morgan fingerprint density at radius 1 is 1.29 bits per heavy atom.